The number of Topliss-reactive ketones (excluding diaryl/α,β-unsaturated/α-hetero) is 2. The lowest BCUT2D eigenvalue weighted by Gasteiger charge is -2.26. The number of carbonyl (C=O) groups is 4. The van der Waals surface area contributed by atoms with Gasteiger partial charge in [-0.15, -0.1) is 0 Å². The third-order valence-electron chi connectivity index (χ3n) is 5.92. The highest BCUT2D eigenvalue weighted by molar-refractivity contribution is 6.27. The average Bonchev–Trinajstić information content (AvgIpc) is 2.85. The predicted molar refractivity (Wildman–Crippen MR) is 125 cm³/mol. The molecule has 1 unspecified atom stereocenters. The summed E-state index contributed by atoms with van der Waals surface area (Å²) in [4.78, 5) is 54.0. The van der Waals surface area contributed by atoms with E-state index in [-0.39, 0.29) is 36.2 Å². The van der Waals surface area contributed by atoms with Crippen LogP contribution in [0.25, 0.3) is 0 Å². The number of amides is 1. The van der Waals surface area contributed by atoms with Crippen LogP contribution in [-0.2, 0) is 14.4 Å². The van der Waals surface area contributed by atoms with Crippen LogP contribution in [0.15, 0.2) is 65.7 Å². The summed E-state index contributed by atoms with van der Waals surface area (Å²) in [5, 5.41) is 0. The number of unbranched alkanes of at least 4 members (excludes halogenated alkanes) is 2. The molecule has 3 rings (SSSR count). The lowest BCUT2D eigenvalue weighted by atomic mass is 9.75. The zero-order valence-corrected chi connectivity index (χ0v) is 19.1. The van der Waals surface area contributed by atoms with Crippen molar-refractivity contribution in [3.05, 3.63) is 82.4 Å². The number of rotatable bonds is 9. The summed E-state index contributed by atoms with van der Waals surface area (Å²) in [5.41, 5.74) is 5.15. The number of allylic oxidation sites excluding steroid dienone is 2. The van der Waals surface area contributed by atoms with Gasteiger partial charge in [0.15, 0.2) is 11.6 Å². The molecule has 1 N–H and O–H groups in total. The zero-order chi connectivity index (χ0) is 23.8. The fraction of sp³-hybridized carbons (Fsp3) is 0.333. The highest BCUT2D eigenvalue weighted by atomic mass is 16.7. The SMILES string of the molecule is CCC(=O)ONC(=O)CCCCCC(C1=C(C)C(=O)c2ccccc2C1=O)c1ccccc1. The fourth-order valence-corrected chi connectivity index (χ4v) is 4.15. The number of carbonyl (C=O) groups excluding carboxylic acids is 4. The van der Waals surface area contributed by atoms with E-state index in [1.54, 1.807) is 38.1 Å². The van der Waals surface area contributed by atoms with E-state index in [2.05, 4.69) is 10.3 Å². The zero-order valence-electron chi connectivity index (χ0n) is 19.1. The first-order valence-corrected chi connectivity index (χ1v) is 11.4. The number of ketones is 2. The molecule has 0 aromatic heterocycles. The number of hydrogen-bond acceptors (Lipinski definition) is 5. The molecule has 0 saturated heterocycles. The summed E-state index contributed by atoms with van der Waals surface area (Å²) in [6, 6.07) is 16.7. The molecule has 1 amide bonds. The quantitative estimate of drug-likeness (QED) is 0.427. The van der Waals surface area contributed by atoms with E-state index in [0.717, 1.165) is 18.4 Å². The van der Waals surface area contributed by atoms with Crippen molar-refractivity contribution >= 4 is 23.4 Å². The molecule has 0 radical (unpaired) electrons. The molecule has 6 nitrogen and oxygen atoms in total. The third kappa shape index (κ3) is 5.83. The molecule has 2 aromatic carbocycles. The van der Waals surface area contributed by atoms with E-state index in [9.17, 15) is 19.2 Å². The van der Waals surface area contributed by atoms with E-state index in [1.165, 1.54) is 0 Å². The van der Waals surface area contributed by atoms with Crippen molar-refractivity contribution in [3.8, 4) is 0 Å². The predicted octanol–water partition coefficient (Wildman–Crippen LogP) is 5.10. The Morgan fingerprint density at radius 3 is 2.18 bits per heavy atom. The van der Waals surface area contributed by atoms with Crippen LogP contribution >= 0.6 is 0 Å². The Morgan fingerprint density at radius 1 is 0.879 bits per heavy atom. The maximum atomic E-state index is 13.4. The number of benzene rings is 2. The smallest absolute Gasteiger partial charge is 0.331 e. The van der Waals surface area contributed by atoms with Crippen molar-refractivity contribution in [2.45, 2.75) is 58.3 Å². The van der Waals surface area contributed by atoms with Crippen LogP contribution in [0.2, 0.25) is 0 Å². The first-order chi connectivity index (χ1) is 15.9. The maximum Gasteiger partial charge on any atom is 0.331 e. The molecule has 0 spiro atoms. The monoisotopic (exact) mass is 447 g/mol. The van der Waals surface area contributed by atoms with Gasteiger partial charge in [-0.3, -0.25) is 14.4 Å². The Balaban J connectivity index is 1.69. The van der Waals surface area contributed by atoms with Crippen LogP contribution in [0.1, 0.15) is 84.6 Å². The molecule has 1 aliphatic carbocycles. The number of fused-ring (bicyclic) bond motifs is 1. The van der Waals surface area contributed by atoms with Crippen molar-refractivity contribution < 1.29 is 24.0 Å². The third-order valence-corrected chi connectivity index (χ3v) is 5.92. The van der Waals surface area contributed by atoms with Gasteiger partial charge in [-0.1, -0.05) is 74.4 Å². The van der Waals surface area contributed by atoms with Crippen LogP contribution in [0, 0.1) is 0 Å². The molecule has 33 heavy (non-hydrogen) atoms. The number of nitrogens with one attached hydrogen (secondary N) is 1. The van der Waals surface area contributed by atoms with Crippen molar-refractivity contribution in [1.82, 2.24) is 5.48 Å². The highest BCUT2D eigenvalue weighted by Gasteiger charge is 2.34. The summed E-state index contributed by atoms with van der Waals surface area (Å²) < 4.78 is 0. The van der Waals surface area contributed by atoms with Crippen molar-refractivity contribution in [2.75, 3.05) is 0 Å². The molecular formula is C27H29NO5. The van der Waals surface area contributed by atoms with E-state index >= 15 is 0 Å². The van der Waals surface area contributed by atoms with Crippen LogP contribution in [0.5, 0.6) is 0 Å². The molecule has 0 fully saturated rings. The summed E-state index contributed by atoms with van der Waals surface area (Å²) in [6.07, 6.45) is 3.31. The van der Waals surface area contributed by atoms with Gasteiger partial charge in [-0.25, -0.2) is 4.79 Å². The Labute approximate surface area is 194 Å². The van der Waals surface area contributed by atoms with Gasteiger partial charge >= 0.3 is 5.97 Å². The van der Waals surface area contributed by atoms with Gasteiger partial charge in [0.1, 0.15) is 0 Å². The lowest BCUT2D eigenvalue weighted by Crippen LogP contribution is -2.26. The van der Waals surface area contributed by atoms with E-state index < -0.39 is 5.97 Å². The minimum atomic E-state index is -0.481. The standard InChI is InChI=1S/C27H29NO5/c1-3-24(30)33-28-23(29)17-9-5-8-14-20(19-12-6-4-7-13-19)25-18(2)26(31)21-15-10-11-16-22(21)27(25)32/h4,6-7,10-13,15-16,20H,3,5,8-9,14,17H2,1-2H3,(H,28,29). The van der Waals surface area contributed by atoms with Gasteiger partial charge < -0.3 is 4.84 Å². The molecule has 0 aliphatic heterocycles. The lowest BCUT2D eigenvalue weighted by molar-refractivity contribution is -0.158. The largest absolute Gasteiger partial charge is 0.341 e. The second-order valence-corrected chi connectivity index (χ2v) is 8.16. The molecule has 0 heterocycles. The Hall–Kier alpha value is -3.54. The van der Waals surface area contributed by atoms with E-state index in [0.29, 0.717) is 35.1 Å². The topological polar surface area (TPSA) is 89.5 Å². The van der Waals surface area contributed by atoms with E-state index in [4.69, 9.17) is 0 Å². The average molecular weight is 448 g/mol. The van der Waals surface area contributed by atoms with Gasteiger partial charge in [-0.05, 0) is 25.3 Å². The minimum Gasteiger partial charge on any atom is -0.341 e. The van der Waals surface area contributed by atoms with Gasteiger partial charge in [0.2, 0.25) is 0 Å². The van der Waals surface area contributed by atoms with Gasteiger partial charge in [0.25, 0.3) is 5.91 Å². The first kappa shape index (κ1) is 24.1. The van der Waals surface area contributed by atoms with Crippen LogP contribution in [0.3, 0.4) is 0 Å². The van der Waals surface area contributed by atoms with Crippen molar-refractivity contribution in [3.63, 3.8) is 0 Å². The van der Waals surface area contributed by atoms with Crippen LogP contribution in [-0.4, -0.2) is 23.4 Å². The number of hydrogen-bond donors (Lipinski definition) is 1. The second-order valence-electron chi connectivity index (χ2n) is 8.16. The fourth-order valence-electron chi connectivity index (χ4n) is 4.15. The molecule has 1 aliphatic rings. The Bertz CT molecular complexity index is 1070. The summed E-state index contributed by atoms with van der Waals surface area (Å²) in [5.74, 6) is -1.20. The molecule has 6 heteroatoms. The first-order valence-electron chi connectivity index (χ1n) is 11.4. The minimum absolute atomic E-state index is 0.0892. The normalized spacial score (nSPS) is 14.0. The molecule has 1 atom stereocenters. The Kier molecular flexibility index (Phi) is 8.30. The molecular weight excluding hydrogens is 418 g/mol. The van der Waals surface area contributed by atoms with Crippen LogP contribution < -0.4 is 5.48 Å². The summed E-state index contributed by atoms with van der Waals surface area (Å²) in [6.45, 7) is 3.39. The van der Waals surface area contributed by atoms with Gasteiger partial charge in [0.05, 0.1) is 0 Å². The summed E-state index contributed by atoms with van der Waals surface area (Å²) >= 11 is 0. The van der Waals surface area contributed by atoms with Gasteiger partial charge in [-0.2, -0.15) is 5.48 Å². The van der Waals surface area contributed by atoms with Crippen molar-refractivity contribution in [2.24, 2.45) is 0 Å². The summed E-state index contributed by atoms with van der Waals surface area (Å²) in [7, 11) is 0. The molecule has 2 aromatic rings. The highest BCUT2D eigenvalue weighted by Crippen LogP contribution is 2.38. The number of hydroxylamine groups is 1. The van der Waals surface area contributed by atoms with E-state index in [1.807, 2.05) is 30.3 Å². The molecule has 0 saturated carbocycles. The Morgan fingerprint density at radius 2 is 1.52 bits per heavy atom. The molecule has 172 valence electrons. The second kappa shape index (κ2) is 11.4. The maximum absolute atomic E-state index is 13.4. The van der Waals surface area contributed by atoms with Crippen LogP contribution in [0.4, 0.5) is 0 Å². The molecule has 0 bridgehead atoms. The van der Waals surface area contributed by atoms with Crippen molar-refractivity contribution in [1.29, 1.82) is 0 Å². The van der Waals surface area contributed by atoms with Gasteiger partial charge in [0, 0.05) is 41.0 Å².